The quantitative estimate of drug-likeness (QED) is 0.0428. The lowest BCUT2D eigenvalue weighted by molar-refractivity contribution is -0.118. The largest absolute Gasteiger partial charge is 0.414 e. The molecule has 1 aliphatic heterocycles. The number of rotatable bonds is 31. The second kappa shape index (κ2) is 26.8. The van der Waals surface area contributed by atoms with E-state index >= 15 is 0 Å². The van der Waals surface area contributed by atoms with Gasteiger partial charge in [-0.25, -0.2) is 0 Å². The van der Waals surface area contributed by atoms with E-state index < -0.39 is 16.6 Å². The molecule has 0 N–H and O–H groups in total. The summed E-state index contributed by atoms with van der Waals surface area (Å²) in [5.41, 5.74) is 1.21. The van der Waals surface area contributed by atoms with Crippen LogP contribution >= 0.6 is 0 Å². The zero-order valence-corrected chi connectivity index (χ0v) is 38.4. The predicted molar refractivity (Wildman–Crippen MR) is 236 cm³/mol. The monoisotopic (exact) mass is 771 g/mol. The van der Waals surface area contributed by atoms with E-state index in [-0.39, 0.29) is 29.5 Å². The molecule has 53 heavy (non-hydrogen) atoms. The lowest BCUT2D eigenvalue weighted by atomic mass is 9.97. The molecule has 1 aliphatic rings. The second-order valence-electron chi connectivity index (χ2n) is 17.7. The Morgan fingerprint density at radius 1 is 0.736 bits per heavy atom. The number of hydrogen-bond donors (Lipinski definition) is 0. The maximum atomic E-state index is 7.34. The molecule has 0 saturated heterocycles. The molecule has 0 amide bonds. The van der Waals surface area contributed by atoms with Crippen LogP contribution in [0.25, 0.3) is 0 Å². The molecule has 0 spiro atoms. The van der Waals surface area contributed by atoms with Crippen LogP contribution in [-0.4, -0.2) is 47.2 Å². The van der Waals surface area contributed by atoms with Gasteiger partial charge in [0, 0.05) is 6.10 Å². The smallest absolute Gasteiger partial charge is 0.192 e. The second-order valence-corrected chi connectivity index (χ2v) is 27.1. The van der Waals surface area contributed by atoms with Gasteiger partial charge in [-0.2, -0.15) is 0 Å². The third-order valence-electron chi connectivity index (χ3n) is 12.5. The summed E-state index contributed by atoms with van der Waals surface area (Å²) >= 11 is 0. The highest BCUT2D eigenvalue weighted by Crippen LogP contribution is 2.39. The Bertz CT molecular complexity index is 1070. The van der Waals surface area contributed by atoms with Gasteiger partial charge in [0.15, 0.2) is 16.6 Å². The third kappa shape index (κ3) is 18.6. The van der Waals surface area contributed by atoms with Crippen LogP contribution in [0.4, 0.5) is 0 Å². The summed E-state index contributed by atoms with van der Waals surface area (Å²) in [6, 6.07) is 14.0. The molecule has 5 atom stereocenters. The van der Waals surface area contributed by atoms with Gasteiger partial charge in [-0.05, 0) is 80.4 Å². The first-order valence-electron chi connectivity index (χ1n) is 22.4. The minimum absolute atomic E-state index is 0.0249. The van der Waals surface area contributed by atoms with Crippen molar-refractivity contribution in [2.45, 2.75) is 237 Å². The summed E-state index contributed by atoms with van der Waals surface area (Å²) in [7, 11) is -3.69. The molecule has 1 aromatic carbocycles. The normalized spacial score (nSPS) is 19.4. The van der Waals surface area contributed by atoms with Crippen molar-refractivity contribution in [2.24, 2.45) is 0 Å². The molecule has 0 aliphatic carbocycles. The van der Waals surface area contributed by atoms with Crippen LogP contribution in [-0.2, 0) is 24.9 Å². The Morgan fingerprint density at radius 2 is 1.32 bits per heavy atom. The van der Waals surface area contributed by atoms with E-state index in [0.29, 0.717) is 12.7 Å². The Hall–Kier alpha value is -1.03. The van der Waals surface area contributed by atoms with Crippen LogP contribution in [0, 0.1) is 0 Å². The van der Waals surface area contributed by atoms with Gasteiger partial charge >= 0.3 is 0 Å². The zero-order valence-electron chi connectivity index (χ0n) is 36.4. The fourth-order valence-corrected chi connectivity index (χ4v) is 11.9. The average molecular weight is 771 g/mol. The molecule has 0 unspecified atom stereocenters. The summed E-state index contributed by atoms with van der Waals surface area (Å²) in [6.45, 7) is 25.8. The molecule has 1 heterocycles. The highest BCUT2D eigenvalue weighted by atomic mass is 28.4. The highest BCUT2D eigenvalue weighted by Gasteiger charge is 2.40. The summed E-state index contributed by atoms with van der Waals surface area (Å²) in [6.07, 6.45) is 29.4. The van der Waals surface area contributed by atoms with Gasteiger partial charge in [0.2, 0.25) is 0 Å². The maximum Gasteiger partial charge on any atom is 0.192 e. The SMILES string of the molecule is C=CCCC[C@H](CCCC[C@@H](O[Si](CC)(CC)CC)[C@H]1C=C[C@@H](OCc2ccccc2)[C@@H](CCCCCCCCCCCC)O1)O[Si](C)(C)C(C)(C)C. The van der Waals surface area contributed by atoms with E-state index in [9.17, 15) is 0 Å². The van der Waals surface area contributed by atoms with E-state index in [2.05, 4.69) is 117 Å². The lowest BCUT2D eigenvalue weighted by Crippen LogP contribution is -2.48. The molecule has 0 fully saturated rings. The molecule has 306 valence electrons. The van der Waals surface area contributed by atoms with Gasteiger partial charge in [0.1, 0.15) is 12.2 Å². The minimum atomic E-state index is -1.85. The fraction of sp³-hybridized carbons (Fsp3) is 0.787. The molecular weight excluding hydrogens is 685 g/mol. The molecule has 4 nitrogen and oxygen atoms in total. The standard InChI is InChI=1S/C47H86O4Si2/c1-11-16-18-19-20-21-22-23-24-29-36-44-43(48-40-41-32-27-25-28-33-41)38-39-45(49-44)46(51-53(13-3,14-4)15-5)37-31-30-35-42(34-26-17-12-2)50-52(9,10)47(6,7)8/h12,25,27-28,32-33,38-39,42-46H,2,11,13-24,26,29-31,34-37,40H2,1,3-10H3/t42-,43-,44-,45-,46-/m1/s1. The van der Waals surface area contributed by atoms with E-state index in [1.807, 2.05) is 0 Å². The van der Waals surface area contributed by atoms with E-state index in [4.69, 9.17) is 18.3 Å². The van der Waals surface area contributed by atoms with Crippen molar-refractivity contribution in [3.8, 4) is 0 Å². The van der Waals surface area contributed by atoms with Gasteiger partial charge in [-0.3, -0.25) is 0 Å². The number of allylic oxidation sites excluding steroid dienone is 1. The summed E-state index contributed by atoms with van der Waals surface area (Å²) in [5.74, 6) is 0. The lowest BCUT2D eigenvalue weighted by Gasteiger charge is -2.40. The first-order valence-corrected chi connectivity index (χ1v) is 27.8. The van der Waals surface area contributed by atoms with Gasteiger partial charge < -0.3 is 18.3 Å². The van der Waals surface area contributed by atoms with E-state index in [1.165, 1.54) is 69.8 Å². The summed E-state index contributed by atoms with van der Waals surface area (Å²) < 4.78 is 28.0. The topological polar surface area (TPSA) is 36.9 Å². The third-order valence-corrected chi connectivity index (χ3v) is 21.7. The maximum absolute atomic E-state index is 7.34. The molecule has 0 bridgehead atoms. The Kier molecular flexibility index (Phi) is 24.3. The molecular formula is C47H86O4Si2. The van der Waals surface area contributed by atoms with Crippen molar-refractivity contribution >= 4 is 16.6 Å². The van der Waals surface area contributed by atoms with Gasteiger partial charge in [0.25, 0.3) is 0 Å². The van der Waals surface area contributed by atoms with Crippen molar-refractivity contribution in [3.05, 3.63) is 60.7 Å². The van der Waals surface area contributed by atoms with Crippen LogP contribution < -0.4 is 0 Å². The Morgan fingerprint density at radius 3 is 1.91 bits per heavy atom. The number of unbranched alkanes of at least 4 members (excludes halogenated alkanes) is 11. The van der Waals surface area contributed by atoms with Gasteiger partial charge in [-0.1, -0.05) is 174 Å². The molecule has 0 saturated carbocycles. The molecule has 0 aromatic heterocycles. The van der Waals surface area contributed by atoms with E-state index in [0.717, 1.165) is 69.5 Å². The van der Waals surface area contributed by atoms with Crippen LogP contribution in [0.1, 0.15) is 170 Å². The highest BCUT2D eigenvalue weighted by molar-refractivity contribution is 6.74. The van der Waals surface area contributed by atoms with Crippen LogP contribution in [0.15, 0.2) is 55.1 Å². The van der Waals surface area contributed by atoms with Crippen molar-refractivity contribution in [2.75, 3.05) is 0 Å². The molecule has 0 radical (unpaired) electrons. The fourth-order valence-electron chi connectivity index (χ4n) is 7.55. The summed E-state index contributed by atoms with van der Waals surface area (Å²) in [5, 5.41) is 0.217. The van der Waals surface area contributed by atoms with Crippen LogP contribution in [0.3, 0.4) is 0 Å². The number of benzene rings is 1. The van der Waals surface area contributed by atoms with Crippen LogP contribution in [0.5, 0.6) is 0 Å². The Labute approximate surface area is 331 Å². The summed E-state index contributed by atoms with van der Waals surface area (Å²) in [4.78, 5) is 0. The van der Waals surface area contributed by atoms with Crippen LogP contribution in [0.2, 0.25) is 36.3 Å². The average Bonchev–Trinajstić information content (AvgIpc) is 3.14. The predicted octanol–water partition coefficient (Wildman–Crippen LogP) is 14.9. The zero-order chi connectivity index (χ0) is 39.0. The number of hydrogen-bond acceptors (Lipinski definition) is 4. The van der Waals surface area contributed by atoms with Crippen molar-refractivity contribution in [1.29, 1.82) is 0 Å². The molecule has 1 aromatic rings. The minimum Gasteiger partial charge on any atom is -0.414 e. The Balaban J connectivity index is 2.14. The molecule has 2 rings (SSSR count). The van der Waals surface area contributed by atoms with Gasteiger partial charge in [0.05, 0.1) is 18.8 Å². The van der Waals surface area contributed by atoms with Crippen molar-refractivity contribution in [1.82, 2.24) is 0 Å². The molecule has 6 heteroatoms. The van der Waals surface area contributed by atoms with Crippen molar-refractivity contribution < 1.29 is 18.3 Å². The van der Waals surface area contributed by atoms with Crippen molar-refractivity contribution in [3.63, 3.8) is 0 Å². The van der Waals surface area contributed by atoms with Gasteiger partial charge in [-0.15, -0.1) is 6.58 Å². The first-order chi connectivity index (χ1) is 25.4. The first kappa shape index (κ1) is 48.1. The van der Waals surface area contributed by atoms with E-state index in [1.54, 1.807) is 0 Å². The number of ether oxygens (including phenoxy) is 2.